The van der Waals surface area contributed by atoms with E-state index in [0.717, 1.165) is 22.4 Å². The largest absolute Gasteiger partial charge is 0.399 e. The summed E-state index contributed by atoms with van der Waals surface area (Å²) in [5, 5.41) is 4.77. The monoisotopic (exact) mass is 290 g/mol. The molecule has 1 aliphatic carbocycles. The molecule has 1 fully saturated rings. The summed E-state index contributed by atoms with van der Waals surface area (Å²) in [5.41, 5.74) is 13.5. The minimum atomic E-state index is 0.478. The van der Waals surface area contributed by atoms with Gasteiger partial charge in [0.15, 0.2) is 5.82 Å². The number of hydrogen-bond donors (Lipinski definition) is 2. The highest BCUT2D eigenvalue weighted by molar-refractivity contribution is 7.99. The fourth-order valence-corrected chi connectivity index (χ4v) is 3.65. The van der Waals surface area contributed by atoms with E-state index in [0.29, 0.717) is 17.3 Å². The van der Waals surface area contributed by atoms with Crippen molar-refractivity contribution in [2.45, 2.75) is 36.7 Å². The van der Waals surface area contributed by atoms with E-state index in [2.05, 4.69) is 10.1 Å². The van der Waals surface area contributed by atoms with Crippen molar-refractivity contribution in [1.29, 1.82) is 0 Å². The van der Waals surface area contributed by atoms with Gasteiger partial charge >= 0.3 is 0 Å². The van der Waals surface area contributed by atoms with Crippen molar-refractivity contribution in [3.05, 3.63) is 24.0 Å². The molecule has 0 saturated heterocycles. The maximum atomic E-state index is 5.77. The lowest BCUT2D eigenvalue weighted by molar-refractivity contribution is 0.425. The Labute approximate surface area is 122 Å². The van der Waals surface area contributed by atoms with Crippen LogP contribution in [-0.4, -0.2) is 15.4 Å². The Bertz CT molecular complexity index is 572. The Morgan fingerprint density at radius 1 is 1.15 bits per heavy atom. The first kappa shape index (κ1) is 13.3. The van der Waals surface area contributed by atoms with Gasteiger partial charge < -0.3 is 16.0 Å². The van der Waals surface area contributed by atoms with Crippen LogP contribution in [0.3, 0.4) is 0 Å². The van der Waals surface area contributed by atoms with Gasteiger partial charge in [-0.05, 0) is 31.0 Å². The molecule has 1 heterocycles. The van der Waals surface area contributed by atoms with Gasteiger partial charge in [0.1, 0.15) is 0 Å². The Hall–Kier alpha value is -1.69. The molecule has 0 atom stereocenters. The molecule has 1 aliphatic rings. The zero-order valence-electron chi connectivity index (χ0n) is 11.2. The van der Waals surface area contributed by atoms with Gasteiger partial charge in [-0.25, -0.2) is 0 Å². The van der Waals surface area contributed by atoms with Crippen LogP contribution in [0.2, 0.25) is 0 Å². The molecule has 0 aliphatic heterocycles. The first-order chi connectivity index (χ1) is 9.70. The predicted molar refractivity (Wildman–Crippen MR) is 82.1 cm³/mol. The van der Waals surface area contributed by atoms with Crippen LogP contribution < -0.4 is 11.5 Å². The topological polar surface area (TPSA) is 91.0 Å². The van der Waals surface area contributed by atoms with E-state index in [1.807, 2.05) is 11.8 Å². The number of thioether (sulfide) groups is 1. The zero-order valence-corrected chi connectivity index (χ0v) is 12.0. The minimum Gasteiger partial charge on any atom is -0.399 e. The van der Waals surface area contributed by atoms with Crippen molar-refractivity contribution >= 4 is 23.1 Å². The molecule has 0 spiro atoms. The van der Waals surface area contributed by atoms with Gasteiger partial charge in [-0.3, -0.25) is 0 Å². The number of anilines is 2. The molecule has 3 rings (SSSR count). The van der Waals surface area contributed by atoms with Crippen LogP contribution in [0.15, 0.2) is 22.7 Å². The third kappa shape index (κ3) is 3.07. The van der Waals surface area contributed by atoms with E-state index in [1.54, 1.807) is 18.2 Å². The molecular formula is C14H18N4OS. The number of nitrogen functional groups attached to an aromatic ring is 2. The molecule has 2 aromatic rings. The van der Waals surface area contributed by atoms with Crippen LogP contribution in [0, 0.1) is 0 Å². The van der Waals surface area contributed by atoms with Crippen molar-refractivity contribution in [1.82, 2.24) is 10.1 Å². The van der Waals surface area contributed by atoms with Crippen molar-refractivity contribution < 1.29 is 4.52 Å². The fourth-order valence-electron chi connectivity index (χ4n) is 2.48. The number of nitrogens with two attached hydrogens (primary N) is 2. The number of nitrogens with zero attached hydrogens (tertiary/aromatic N) is 2. The van der Waals surface area contributed by atoms with Crippen molar-refractivity contribution in [3.63, 3.8) is 0 Å². The number of hydrogen-bond acceptors (Lipinski definition) is 6. The van der Waals surface area contributed by atoms with Gasteiger partial charge in [-0.1, -0.05) is 18.0 Å². The fraction of sp³-hybridized carbons (Fsp3) is 0.429. The summed E-state index contributed by atoms with van der Waals surface area (Å²) >= 11 is 1.92. The van der Waals surface area contributed by atoms with Gasteiger partial charge in [0.05, 0.1) is 5.75 Å². The summed E-state index contributed by atoms with van der Waals surface area (Å²) in [6.07, 6.45) is 5.30. The molecule has 6 heteroatoms. The molecular weight excluding hydrogens is 272 g/mol. The van der Waals surface area contributed by atoms with Crippen molar-refractivity contribution in [3.8, 4) is 11.5 Å². The molecule has 0 unspecified atom stereocenters. The van der Waals surface area contributed by atoms with Gasteiger partial charge in [-0.2, -0.15) is 16.7 Å². The third-order valence-corrected chi connectivity index (χ3v) is 4.81. The molecule has 1 saturated carbocycles. The highest BCUT2D eigenvalue weighted by Crippen LogP contribution is 2.31. The van der Waals surface area contributed by atoms with E-state index in [1.165, 1.54) is 25.7 Å². The molecule has 106 valence electrons. The van der Waals surface area contributed by atoms with E-state index < -0.39 is 0 Å². The summed E-state index contributed by atoms with van der Waals surface area (Å²) in [5.74, 6) is 2.01. The Kier molecular flexibility index (Phi) is 3.82. The maximum absolute atomic E-state index is 5.77. The van der Waals surface area contributed by atoms with Crippen LogP contribution >= 0.6 is 11.8 Å². The van der Waals surface area contributed by atoms with E-state index >= 15 is 0 Å². The van der Waals surface area contributed by atoms with Gasteiger partial charge in [0.25, 0.3) is 5.89 Å². The third-order valence-electron chi connectivity index (χ3n) is 3.44. The summed E-state index contributed by atoms with van der Waals surface area (Å²) in [4.78, 5) is 4.41. The average molecular weight is 290 g/mol. The summed E-state index contributed by atoms with van der Waals surface area (Å²) in [6, 6.07) is 5.28. The lowest BCUT2D eigenvalue weighted by atomic mass is 10.2. The SMILES string of the molecule is Nc1cc(N)cc(-c2nc(CSC3CCCC3)no2)c1. The highest BCUT2D eigenvalue weighted by atomic mass is 32.2. The quantitative estimate of drug-likeness (QED) is 0.841. The first-order valence-corrected chi connectivity index (χ1v) is 7.86. The van der Waals surface area contributed by atoms with E-state index in [-0.39, 0.29) is 0 Å². The Morgan fingerprint density at radius 3 is 2.55 bits per heavy atom. The molecule has 5 nitrogen and oxygen atoms in total. The number of benzene rings is 1. The number of rotatable bonds is 4. The highest BCUT2D eigenvalue weighted by Gasteiger charge is 2.17. The lowest BCUT2D eigenvalue weighted by Crippen LogP contribution is -1.96. The van der Waals surface area contributed by atoms with E-state index in [4.69, 9.17) is 16.0 Å². The van der Waals surface area contributed by atoms with Crippen LogP contribution in [0.25, 0.3) is 11.5 Å². The normalized spacial score (nSPS) is 15.8. The van der Waals surface area contributed by atoms with Crippen LogP contribution in [-0.2, 0) is 5.75 Å². The maximum Gasteiger partial charge on any atom is 0.258 e. The van der Waals surface area contributed by atoms with Gasteiger partial charge in [0, 0.05) is 22.2 Å². The molecule has 1 aromatic heterocycles. The molecule has 20 heavy (non-hydrogen) atoms. The molecule has 0 amide bonds. The first-order valence-electron chi connectivity index (χ1n) is 6.81. The molecule has 1 aromatic carbocycles. The van der Waals surface area contributed by atoms with Crippen molar-refractivity contribution in [2.75, 3.05) is 11.5 Å². The second-order valence-electron chi connectivity index (χ2n) is 5.12. The van der Waals surface area contributed by atoms with Crippen molar-refractivity contribution in [2.24, 2.45) is 0 Å². The zero-order chi connectivity index (χ0) is 13.9. The second kappa shape index (κ2) is 5.75. The van der Waals surface area contributed by atoms with E-state index in [9.17, 15) is 0 Å². The lowest BCUT2D eigenvalue weighted by Gasteiger charge is -2.04. The standard InChI is InChI=1S/C14H18N4OS/c15-10-5-9(6-11(16)7-10)14-17-13(18-19-14)8-20-12-3-1-2-4-12/h5-7,12H,1-4,8,15-16H2. The smallest absolute Gasteiger partial charge is 0.258 e. The van der Waals surface area contributed by atoms with Crippen LogP contribution in [0.1, 0.15) is 31.5 Å². The average Bonchev–Trinajstić information content (AvgIpc) is 3.07. The minimum absolute atomic E-state index is 0.478. The molecule has 0 bridgehead atoms. The van der Waals surface area contributed by atoms with Gasteiger partial charge in [-0.15, -0.1) is 0 Å². The Morgan fingerprint density at radius 2 is 1.85 bits per heavy atom. The van der Waals surface area contributed by atoms with Crippen LogP contribution in [0.5, 0.6) is 0 Å². The van der Waals surface area contributed by atoms with Crippen LogP contribution in [0.4, 0.5) is 11.4 Å². The van der Waals surface area contributed by atoms with Gasteiger partial charge in [0.2, 0.25) is 0 Å². The summed E-state index contributed by atoms with van der Waals surface area (Å²) < 4.78 is 5.29. The Balaban J connectivity index is 1.69. The summed E-state index contributed by atoms with van der Waals surface area (Å²) in [7, 11) is 0. The summed E-state index contributed by atoms with van der Waals surface area (Å²) in [6.45, 7) is 0. The molecule has 0 radical (unpaired) electrons. The predicted octanol–water partition coefficient (Wildman–Crippen LogP) is 3.08. The number of aromatic nitrogens is 2. The second-order valence-corrected chi connectivity index (χ2v) is 6.41. The molecule has 4 N–H and O–H groups in total.